The van der Waals surface area contributed by atoms with E-state index in [0.29, 0.717) is 0 Å². The topological polar surface area (TPSA) is 82.0 Å². The van der Waals surface area contributed by atoms with Crippen LogP contribution < -0.4 is 10.2 Å². The largest absolute Gasteiger partial charge is 0.408 e. The van der Waals surface area contributed by atoms with Gasteiger partial charge in [0.15, 0.2) is 0 Å². The molecule has 1 saturated carbocycles. The van der Waals surface area contributed by atoms with Crippen LogP contribution in [0.5, 0.6) is 0 Å². The minimum atomic E-state index is -4.67. The molecule has 6 nitrogen and oxygen atoms in total. The van der Waals surface area contributed by atoms with Crippen molar-refractivity contribution in [1.82, 2.24) is 0 Å². The number of rotatable bonds is 2. The predicted molar refractivity (Wildman–Crippen MR) is 89.8 cm³/mol. The summed E-state index contributed by atoms with van der Waals surface area (Å²) in [6.45, 7) is -0.182. The van der Waals surface area contributed by atoms with Crippen molar-refractivity contribution in [3.8, 4) is 0 Å². The normalized spacial score (nSPS) is 27.6. The van der Waals surface area contributed by atoms with Gasteiger partial charge in [-0.2, -0.15) is 21.6 Å². The molecule has 2 fully saturated rings. The van der Waals surface area contributed by atoms with E-state index < -0.39 is 45.5 Å². The monoisotopic (exact) mass is 407 g/mol. The van der Waals surface area contributed by atoms with E-state index in [0.717, 1.165) is 29.9 Å². The van der Waals surface area contributed by atoms with Gasteiger partial charge in [0.1, 0.15) is 22.6 Å². The molecule has 2 N–H and O–H groups in total. The highest BCUT2D eigenvalue weighted by molar-refractivity contribution is 7.90. The lowest BCUT2D eigenvalue weighted by Gasteiger charge is -2.41. The number of hydrogen-bond acceptors (Lipinski definition) is 5. The van der Waals surface area contributed by atoms with Gasteiger partial charge in [0.05, 0.1) is 17.5 Å². The van der Waals surface area contributed by atoms with E-state index in [4.69, 9.17) is 0 Å². The molecular weight excluding hydrogens is 390 g/mol. The number of nitrogens with one attached hydrogen (secondary N) is 1. The SMILES string of the molecule is O=S1(=O)N=C(C2CC2)Nc2c(N3CC[C@H](O)C[C@H]3C(F)(F)F)cc(F)cc21. The third kappa shape index (κ3) is 3.38. The third-order valence-corrected chi connectivity index (χ3v) is 6.34. The van der Waals surface area contributed by atoms with Gasteiger partial charge in [-0.05, 0) is 31.4 Å². The molecule has 0 aromatic heterocycles. The molecule has 0 radical (unpaired) electrons. The summed E-state index contributed by atoms with van der Waals surface area (Å²) in [5.41, 5.74) is -0.269. The van der Waals surface area contributed by atoms with Crippen molar-refractivity contribution in [3.63, 3.8) is 0 Å². The fourth-order valence-electron chi connectivity index (χ4n) is 3.53. The molecule has 4 rings (SSSR count). The Bertz CT molecular complexity index is 912. The quantitative estimate of drug-likeness (QED) is 0.737. The maximum Gasteiger partial charge on any atom is 0.408 e. The molecule has 0 spiro atoms. The Morgan fingerprint density at radius 1 is 1.22 bits per heavy atom. The van der Waals surface area contributed by atoms with Crippen molar-refractivity contribution < 1.29 is 31.1 Å². The predicted octanol–water partition coefficient (Wildman–Crippen LogP) is 2.64. The summed E-state index contributed by atoms with van der Waals surface area (Å²) in [4.78, 5) is 0.446. The van der Waals surface area contributed by atoms with Gasteiger partial charge < -0.3 is 15.3 Å². The second kappa shape index (κ2) is 6.06. The van der Waals surface area contributed by atoms with Crippen LogP contribution in [0.3, 0.4) is 0 Å². The molecule has 0 unspecified atom stereocenters. The average Bonchev–Trinajstić information content (AvgIpc) is 3.38. The zero-order valence-electron chi connectivity index (χ0n) is 14.0. The van der Waals surface area contributed by atoms with Crippen LogP contribution in [0, 0.1) is 11.7 Å². The Hall–Kier alpha value is -1.88. The number of aliphatic hydroxyl groups excluding tert-OH is 1. The summed E-state index contributed by atoms with van der Waals surface area (Å²) in [5, 5.41) is 12.5. The summed E-state index contributed by atoms with van der Waals surface area (Å²) in [5.74, 6) is -0.880. The first-order valence-corrected chi connectivity index (χ1v) is 9.97. The van der Waals surface area contributed by atoms with Crippen molar-refractivity contribution in [3.05, 3.63) is 17.9 Å². The standard InChI is InChI=1S/C16H17F4N3O3S/c17-9-5-11(23-4-3-10(24)7-13(23)16(18,19)20)14-12(6-9)27(25,26)22-15(21-14)8-1-2-8/h5-6,8,10,13,24H,1-4,7H2,(H,21,22)/t10-,13-/m0/s1. The number of sulfonamides is 1. The van der Waals surface area contributed by atoms with E-state index in [2.05, 4.69) is 9.71 Å². The van der Waals surface area contributed by atoms with E-state index >= 15 is 0 Å². The number of amidine groups is 1. The number of nitrogens with zero attached hydrogens (tertiary/aromatic N) is 2. The third-order valence-electron chi connectivity index (χ3n) is 5.02. The minimum absolute atomic E-state index is 0.0637. The summed E-state index contributed by atoms with van der Waals surface area (Å²) in [7, 11) is -4.22. The summed E-state index contributed by atoms with van der Waals surface area (Å²) in [6, 6.07) is -0.386. The number of halogens is 4. The van der Waals surface area contributed by atoms with E-state index in [1.165, 1.54) is 0 Å². The Balaban J connectivity index is 1.84. The van der Waals surface area contributed by atoms with E-state index in [-0.39, 0.29) is 36.1 Å². The second-order valence-electron chi connectivity index (χ2n) is 7.08. The van der Waals surface area contributed by atoms with Gasteiger partial charge in [-0.3, -0.25) is 0 Å². The Labute approximate surface area is 152 Å². The Morgan fingerprint density at radius 2 is 1.93 bits per heavy atom. The zero-order valence-corrected chi connectivity index (χ0v) is 14.8. The molecule has 1 aromatic carbocycles. The van der Waals surface area contributed by atoms with E-state index in [1.807, 2.05) is 0 Å². The van der Waals surface area contributed by atoms with Crippen molar-refractivity contribution >= 4 is 27.2 Å². The molecule has 1 saturated heterocycles. The van der Waals surface area contributed by atoms with Crippen molar-refractivity contribution in [2.75, 3.05) is 16.8 Å². The highest BCUT2D eigenvalue weighted by Gasteiger charge is 2.48. The van der Waals surface area contributed by atoms with Crippen LogP contribution in [-0.4, -0.2) is 44.2 Å². The number of piperidine rings is 1. The molecule has 2 heterocycles. The maximum absolute atomic E-state index is 14.1. The first kappa shape index (κ1) is 18.5. The van der Waals surface area contributed by atoms with Crippen LogP contribution in [0.4, 0.5) is 28.9 Å². The van der Waals surface area contributed by atoms with Crippen molar-refractivity contribution in [2.24, 2.45) is 10.3 Å². The van der Waals surface area contributed by atoms with Gasteiger partial charge in [-0.15, -0.1) is 4.40 Å². The Morgan fingerprint density at radius 3 is 2.56 bits per heavy atom. The molecule has 148 valence electrons. The first-order valence-electron chi connectivity index (χ1n) is 8.53. The van der Waals surface area contributed by atoms with Crippen LogP contribution in [0.15, 0.2) is 21.4 Å². The molecule has 1 aromatic rings. The van der Waals surface area contributed by atoms with Crippen molar-refractivity contribution in [2.45, 2.75) is 48.9 Å². The molecular formula is C16H17F4N3O3S. The summed E-state index contributed by atoms with van der Waals surface area (Å²) < 4.78 is 83.3. The van der Waals surface area contributed by atoms with Gasteiger partial charge in [-0.1, -0.05) is 0 Å². The number of aliphatic hydroxyl groups is 1. The smallest absolute Gasteiger partial charge is 0.393 e. The highest BCUT2D eigenvalue weighted by atomic mass is 32.2. The summed E-state index contributed by atoms with van der Waals surface area (Å²) >= 11 is 0. The lowest BCUT2D eigenvalue weighted by molar-refractivity contribution is -0.159. The van der Waals surface area contributed by atoms with Gasteiger partial charge >= 0.3 is 6.18 Å². The fraction of sp³-hybridized carbons (Fsp3) is 0.562. The van der Waals surface area contributed by atoms with Crippen LogP contribution in [-0.2, 0) is 10.0 Å². The van der Waals surface area contributed by atoms with Crippen LogP contribution in [0.2, 0.25) is 0 Å². The maximum atomic E-state index is 14.1. The molecule has 0 amide bonds. The first-order chi connectivity index (χ1) is 12.6. The second-order valence-corrected chi connectivity index (χ2v) is 8.65. The molecule has 3 aliphatic rings. The molecule has 2 aliphatic heterocycles. The van der Waals surface area contributed by atoms with Crippen LogP contribution >= 0.6 is 0 Å². The molecule has 2 atom stereocenters. The van der Waals surface area contributed by atoms with Gasteiger partial charge in [0.2, 0.25) is 0 Å². The number of alkyl halides is 3. The van der Waals surface area contributed by atoms with Gasteiger partial charge in [-0.25, -0.2) is 4.39 Å². The van der Waals surface area contributed by atoms with Gasteiger partial charge in [0, 0.05) is 18.9 Å². The summed E-state index contributed by atoms with van der Waals surface area (Å²) in [6.07, 6.45) is -4.83. The lowest BCUT2D eigenvalue weighted by Crippen LogP contribution is -2.52. The molecule has 1 aliphatic carbocycles. The van der Waals surface area contributed by atoms with Crippen LogP contribution in [0.25, 0.3) is 0 Å². The zero-order chi connectivity index (χ0) is 19.6. The van der Waals surface area contributed by atoms with Crippen molar-refractivity contribution in [1.29, 1.82) is 0 Å². The van der Waals surface area contributed by atoms with E-state index in [1.54, 1.807) is 0 Å². The average molecular weight is 407 g/mol. The number of anilines is 2. The highest BCUT2D eigenvalue weighted by Crippen LogP contribution is 2.44. The fourth-order valence-corrected chi connectivity index (χ4v) is 4.76. The van der Waals surface area contributed by atoms with Gasteiger partial charge in [0.25, 0.3) is 10.0 Å². The molecule has 11 heteroatoms. The number of fused-ring (bicyclic) bond motifs is 1. The Kier molecular flexibility index (Phi) is 4.15. The number of hydrogen-bond donors (Lipinski definition) is 2. The van der Waals surface area contributed by atoms with E-state index in [9.17, 15) is 31.1 Å². The molecule has 0 bridgehead atoms. The molecule has 27 heavy (non-hydrogen) atoms. The van der Waals surface area contributed by atoms with Crippen LogP contribution in [0.1, 0.15) is 25.7 Å². The minimum Gasteiger partial charge on any atom is -0.393 e. The lowest BCUT2D eigenvalue weighted by atomic mass is 9.97. The number of benzene rings is 1.